The molecule has 0 fully saturated rings. The highest BCUT2D eigenvalue weighted by molar-refractivity contribution is 14.1. The molecule has 1 heterocycles. The van der Waals surface area contributed by atoms with E-state index in [4.69, 9.17) is 14.3 Å². The van der Waals surface area contributed by atoms with Gasteiger partial charge in [0.1, 0.15) is 17.2 Å². The third-order valence-corrected chi connectivity index (χ3v) is 5.59. The molecule has 3 amide bonds. The minimum atomic E-state index is -0.425. The number of alkyl halides is 1. The number of amides is 3. The number of fused-ring (bicyclic) bond motifs is 1. The van der Waals surface area contributed by atoms with Gasteiger partial charge in [-0.2, -0.15) is 0 Å². The molecule has 0 bridgehead atoms. The molecule has 0 saturated heterocycles. The van der Waals surface area contributed by atoms with Crippen LogP contribution in [0.5, 0.6) is 17.2 Å². The average molecular weight is 578 g/mol. The summed E-state index contributed by atoms with van der Waals surface area (Å²) in [6.07, 6.45) is 1.63. The first-order valence-electron chi connectivity index (χ1n) is 10.6. The molecule has 0 aliphatic heterocycles. The Bertz CT molecular complexity index is 1190. The monoisotopic (exact) mass is 578 g/mol. The van der Waals surface area contributed by atoms with Crippen molar-refractivity contribution in [3.8, 4) is 17.2 Å². The van der Waals surface area contributed by atoms with Gasteiger partial charge < -0.3 is 20.1 Å². The average Bonchev–Trinajstić information content (AvgIpc) is 2.83. The molecule has 0 saturated carbocycles. The van der Waals surface area contributed by atoms with E-state index in [0.29, 0.717) is 50.4 Å². The Morgan fingerprint density at radius 1 is 1.12 bits per heavy atom. The van der Waals surface area contributed by atoms with Gasteiger partial charge in [-0.25, -0.2) is 10.3 Å². The number of ether oxygens (including phenoxy) is 2. The Labute approximate surface area is 211 Å². The Morgan fingerprint density at radius 2 is 1.91 bits per heavy atom. The number of nitrogens with one attached hydrogen (secondary N) is 3. The number of anilines is 1. The van der Waals surface area contributed by atoms with E-state index in [1.807, 2.05) is 19.9 Å². The number of halogens is 1. The fraction of sp³-hybridized carbons (Fsp3) is 0.292. The summed E-state index contributed by atoms with van der Waals surface area (Å²) >= 11 is 2.23. The largest absolute Gasteiger partial charge is 0.496 e. The van der Waals surface area contributed by atoms with Gasteiger partial charge in [-0.15, -0.1) is 0 Å². The van der Waals surface area contributed by atoms with Crippen molar-refractivity contribution in [2.75, 3.05) is 26.1 Å². The second kappa shape index (κ2) is 11.8. The van der Waals surface area contributed by atoms with Crippen molar-refractivity contribution in [3.63, 3.8) is 0 Å². The number of pyridine rings is 1. The SMILES string of the molecule is CNC(=O)Nc1ccc(Oc2ccnc3cc(OC)c(C(=O)NOCC(C)C)cc23)cc1CI. The molecule has 3 rings (SSSR count). The Kier molecular flexibility index (Phi) is 8.88. The summed E-state index contributed by atoms with van der Waals surface area (Å²) in [5, 5.41) is 5.98. The molecule has 3 N–H and O–H groups in total. The highest BCUT2D eigenvalue weighted by Gasteiger charge is 2.17. The van der Waals surface area contributed by atoms with Gasteiger partial charge in [-0.05, 0) is 41.8 Å². The molecule has 0 unspecified atom stereocenters. The number of hydroxylamine groups is 1. The zero-order valence-corrected chi connectivity index (χ0v) is 21.6. The standard InChI is InChI=1S/C24H27IN4O5/c1-14(2)13-33-29-23(30)18-10-17-20(11-22(18)32-4)27-8-7-21(17)34-16-5-6-19(15(9-16)12-25)28-24(31)26-3/h5-11,14H,12-13H2,1-4H3,(H,29,30)(H2,26,28,31). The van der Waals surface area contributed by atoms with Gasteiger partial charge in [0.05, 0.1) is 24.8 Å². The fourth-order valence-corrected chi connectivity index (χ4v) is 3.72. The lowest BCUT2D eigenvalue weighted by molar-refractivity contribution is 0.0207. The molecule has 2 aromatic carbocycles. The molecule has 0 radical (unpaired) electrons. The van der Waals surface area contributed by atoms with E-state index in [1.165, 1.54) is 7.11 Å². The summed E-state index contributed by atoms with van der Waals surface area (Å²) < 4.78 is 12.2. The molecule has 9 nitrogen and oxygen atoms in total. The Morgan fingerprint density at radius 3 is 2.59 bits per heavy atom. The van der Waals surface area contributed by atoms with Gasteiger partial charge in [-0.1, -0.05) is 36.4 Å². The number of hydrogen-bond acceptors (Lipinski definition) is 6. The number of nitrogens with zero attached hydrogens (tertiary/aromatic N) is 1. The number of hydrogen-bond donors (Lipinski definition) is 3. The van der Waals surface area contributed by atoms with Crippen molar-refractivity contribution in [2.45, 2.75) is 18.3 Å². The summed E-state index contributed by atoms with van der Waals surface area (Å²) in [4.78, 5) is 34.1. The molecule has 1 aromatic heterocycles. The van der Waals surface area contributed by atoms with Crippen LogP contribution in [0.4, 0.5) is 10.5 Å². The van der Waals surface area contributed by atoms with Crippen LogP contribution in [-0.2, 0) is 9.27 Å². The zero-order valence-electron chi connectivity index (χ0n) is 19.4. The molecule has 0 aliphatic carbocycles. The summed E-state index contributed by atoms with van der Waals surface area (Å²) in [6, 6.07) is 10.2. The van der Waals surface area contributed by atoms with E-state index in [0.717, 1.165) is 5.56 Å². The van der Waals surface area contributed by atoms with Crippen LogP contribution in [0.1, 0.15) is 29.8 Å². The van der Waals surface area contributed by atoms with Gasteiger partial charge in [0.2, 0.25) is 0 Å². The van der Waals surface area contributed by atoms with Crippen molar-refractivity contribution in [3.05, 3.63) is 53.7 Å². The number of methoxy groups -OCH3 is 1. The third kappa shape index (κ3) is 6.26. The van der Waals surface area contributed by atoms with E-state index in [-0.39, 0.29) is 11.9 Å². The van der Waals surface area contributed by atoms with E-state index in [1.54, 1.807) is 43.6 Å². The van der Waals surface area contributed by atoms with Crippen molar-refractivity contribution in [2.24, 2.45) is 5.92 Å². The molecular weight excluding hydrogens is 551 g/mol. The molecular formula is C24H27IN4O5. The number of benzene rings is 2. The van der Waals surface area contributed by atoms with Crippen LogP contribution >= 0.6 is 22.6 Å². The minimum absolute atomic E-state index is 0.272. The predicted molar refractivity (Wildman–Crippen MR) is 139 cm³/mol. The maximum atomic E-state index is 12.7. The van der Waals surface area contributed by atoms with Crippen LogP contribution in [0.2, 0.25) is 0 Å². The lowest BCUT2D eigenvalue weighted by atomic mass is 10.1. The number of carbonyl (C=O) groups is 2. The fourth-order valence-electron chi connectivity index (χ4n) is 3.09. The van der Waals surface area contributed by atoms with Crippen LogP contribution < -0.4 is 25.6 Å². The summed E-state index contributed by atoms with van der Waals surface area (Å²) in [5.74, 6) is 1.33. The van der Waals surface area contributed by atoms with Crippen LogP contribution in [0.15, 0.2) is 42.6 Å². The quantitative estimate of drug-likeness (QED) is 0.187. The second-order valence-electron chi connectivity index (χ2n) is 7.77. The summed E-state index contributed by atoms with van der Waals surface area (Å²) in [7, 11) is 3.05. The number of carbonyl (C=O) groups excluding carboxylic acids is 2. The molecule has 3 aromatic rings. The first kappa shape index (κ1) is 25.5. The van der Waals surface area contributed by atoms with Gasteiger partial charge in [-0.3, -0.25) is 14.6 Å². The van der Waals surface area contributed by atoms with Crippen LogP contribution in [0.25, 0.3) is 10.9 Å². The zero-order chi connectivity index (χ0) is 24.7. The predicted octanol–water partition coefficient (Wildman–Crippen LogP) is 5.04. The number of rotatable bonds is 9. The highest BCUT2D eigenvalue weighted by atomic mass is 127. The lowest BCUT2D eigenvalue weighted by Crippen LogP contribution is -2.26. The molecule has 10 heteroatoms. The van der Waals surface area contributed by atoms with Crippen molar-refractivity contribution in [1.82, 2.24) is 15.8 Å². The van der Waals surface area contributed by atoms with Gasteiger partial charge in [0.15, 0.2) is 0 Å². The number of urea groups is 1. The highest BCUT2D eigenvalue weighted by Crippen LogP contribution is 2.34. The van der Waals surface area contributed by atoms with E-state index >= 15 is 0 Å². The van der Waals surface area contributed by atoms with Crippen LogP contribution in [0.3, 0.4) is 0 Å². The Hall–Kier alpha value is -3.12. The second-order valence-corrected chi connectivity index (χ2v) is 8.54. The third-order valence-electron chi connectivity index (χ3n) is 4.77. The van der Waals surface area contributed by atoms with Gasteiger partial charge >= 0.3 is 6.03 Å². The molecule has 0 spiro atoms. The summed E-state index contributed by atoms with van der Waals surface area (Å²) in [6.45, 7) is 4.37. The van der Waals surface area contributed by atoms with E-state index < -0.39 is 5.91 Å². The Balaban J connectivity index is 1.94. The summed E-state index contributed by atoms with van der Waals surface area (Å²) in [5.41, 5.74) is 4.98. The van der Waals surface area contributed by atoms with Crippen LogP contribution in [-0.4, -0.2) is 37.7 Å². The lowest BCUT2D eigenvalue weighted by Gasteiger charge is -2.15. The van der Waals surface area contributed by atoms with E-state index in [9.17, 15) is 9.59 Å². The smallest absolute Gasteiger partial charge is 0.318 e. The van der Waals surface area contributed by atoms with E-state index in [2.05, 4.69) is 43.7 Å². The minimum Gasteiger partial charge on any atom is -0.496 e. The maximum absolute atomic E-state index is 12.7. The molecule has 0 atom stereocenters. The molecule has 34 heavy (non-hydrogen) atoms. The molecule has 0 aliphatic rings. The molecule has 180 valence electrons. The maximum Gasteiger partial charge on any atom is 0.318 e. The first-order chi connectivity index (χ1) is 16.4. The van der Waals surface area contributed by atoms with Crippen molar-refractivity contribution < 1.29 is 23.9 Å². The van der Waals surface area contributed by atoms with Crippen molar-refractivity contribution >= 4 is 51.1 Å². The first-order valence-corrected chi connectivity index (χ1v) is 12.1. The number of aromatic nitrogens is 1. The van der Waals surface area contributed by atoms with Gasteiger partial charge in [0.25, 0.3) is 5.91 Å². The normalized spacial score (nSPS) is 10.8. The van der Waals surface area contributed by atoms with Crippen molar-refractivity contribution in [1.29, 1.82) is 0 Å². The van der Waals surface area contributed by atoms with Crippen LogP contribution in [0, 0.1) is 5.92 Å². The topological polar surface area (TPSA) is 111 Å². The van der Waals surface area contributed by atoms with Gasteiger partial charge in [0, 0.05) is 34.8 Å².